The van der Waals surface area contributed by atoms with E-state index in [1.54, 1.807) is 6.07 Å². The summed E-state index contributed by atoms with van der Waals surface area (Å²) in [6.07, 6.45) is 1.28. The number of carboxylic acids is 1. The zero-order chi connectivity index (χ0) is 15.4. The molecule has 0 saturated heterocycles. The molecule has 0 aliphatic heterocycles. The van der Waals surface area contributed by atoms with E-state index in [-0.39, 0.29) is 12.3 Å². The number of benzene rings is 1. The molecule has 1 unspecified atom stereocenters. The van der Waals surface area contributed by atoms with Crippen molar-refractivity contribution in [2.75, 3.05) is 6.54 Å². The van der Waals surface area contributed by atoms with Gasteiger partial charge < -0.3 is 14.8 Å². The number of fused-ring (bicyclic) bond motifs is 1. The van der Waals surface area contributed by atoms with Gasteiger partial charge in [-0.2, -0.15) is 0 Å². The molecule has 0 radical (unpaired) electrons. The lowest BCUT2D eigenvalue weighted by Gasteiger charge is -2.11. The summed E-state index contributed by atoms with van der Waals surface area (Å²) >= 11 is 3.36. The molecule has 0 aliphatic rings. The molecular formula is C15H16BrNO4. The quantitative estimate of drug-likeness (QED) is 0.833. The van der Waals surface area contributed by atoms with Crippen molar-refractivity contribution in [1.82, 2.24) is 5.32 Å². The van der Waals surface area contributed by atoms with E-state index in [0.717, 1.165) is 16.3 Å². The van der Waals surface area contributed by atoms with Crippen LogP contribution < -0.4 is 5.32 Å². The molecule has 112 valence electrons. The Morgan fingerprint density at radius 1 is 1.43 bits per heavy atom. The van der Waals surface area contributed by atoms with Gasteiger partial charge in [0.1, 0.15) is 5.58 Å². The van der Waals surface area contributed by atoms with E-state index in [2.05, 4.69) is 21.2 Å². The summed E-state index contributed by atoms with van der Waals surface area (Å²) in [6.45, 7) is 2.01. The van der Waals surface area contributed by atoms with Gasteiger partial charge in [0.25, 0.3) is 5.91 Å². The lowest BCUT2D eigenvalue weighted by Crippen LogP contribution is -2.32. The van der Waals surface area contributed by atoms with Crippen LogP contribution in [-0.2, 0) is 4.79 Å². The molecule has 0 aliphatic carbocycles. The van der Waals surface area contributed by atoms with Crippen LogP contribution in [0.5, 0.6) is 0 Å². The van der Waals surface area contributed by atoms with Crippen molar-refractivity contribution in [3.05, 3.63) is 34.5 Å². The molecule has 2 rings (SSSR count). The smallest absolute Gasteiger partial charge is 0.308 e. The molecule has 1 aromatic carbocycles. The average molecular weight is 354 g/mol. The predicted molar refractivity (Wildman–Crippen MR) is 82.3 cm³/mol. The number of carbonyl (C=O) groups excluding carboxylic acids is 1. The Balaban J connectivity index is 2.08. The van der Waals surface area contributed by atoms with Gasteiger partial charge in [-0.05, 0) is 34.5 Å². The molecule has 5 nitrogen and oxygen atoms in total. The van der Waals surface area contributed by atoms with Crippen molar-refractivity contribution in [3.8, 4) is 0 Å². The minimum Gasteiger partial charge on any atom is -0.481 e. The summed E-state index contributed by atoms with van der Waals surface area (Å²) < 4.78 is 6.28. The molecular weight excluding hydrogens is 338 g/mol. The fourth-order valence-electron chi connectivity index (χ4n) is 2.10. The molecule has 1 aromatic heterocycles. The number of halogens is 1. The lowest BCUT2D eigenvalue weighted by molar-refractivity contribution is -0.141. The van der Waals surface area contributed by atoms with Gasteiger partial charge in [0.05, 0.1) is 10.4 Å². The van der Waals surface area contributed by atoms with Crippen molar-refractivity contribution in [2.45, 2.75) is 19.8 Å². The number of hydrogen-bond donors (Lipinski definition) is 2. The fourth-order valence-corrected chi connectivity index (χ4v) is 2.57. The van der Waals surface area contributed by atoms with Gasteiger partial charge in [0.2, 0.25) is 0 Å². The maximum absolute atomic E-state index is 12.0. The van der Waals surface area contributed by atoms with E-state index in [9.17, 15) is 9.59 Å². The number of hydrogen-bond acceptors (Lipinski definition) is 3. The Morgan fingerprint density at radius 2 is 2.19 bits per heavy atom. The third-order valence-corrected chi connectivity index (χ3v) is 3.84. The number of rotatable bonds is 6. The van der Waals surface area contributed by atoms with Crippen molar-refractivity contribution >= 4 is 38.8 Å². The predicted octanol–water partition coefficient (Wildman–Crippen LogP) is 3.43. The number of carboxylic acid groups (broad SMARTS) is 1. The van der Waals surface area contributed by atoms with E-state index in [1.165, 1.54) is 0 Å². The van der Waals surface area contributed by atoms with E-state index in [1.807, 2.05) is 25.1 Å². The third-order valence-electron chi connectivity index (χ3n) is 3.22. The zero-order valence-electron chi connectivity index (χ0n) is 11.6. The average Bonchev–Trinajstić information content (AvgIpc) is 2.88. The van der Waals surface area contributed by atoms with Gasteiger partial charge >= 0.3 is 5.97 Å². The molecule has 1 heterocycles. The normalized spacial score (nSPS) is 12.3. The highest BCUT2D eigenvalue weighted by molar-refractivity contribution is 9.10. The second kappa shape index (κ2) is 6.76. The number of carbonyl (C=O) groups is 2. The Morgan fingerprint density at radius 3 is 2.81 bits per heavy atom. The standard InChI is InChI=1S/C15H16BrNO4/c1-2-4-10(15(19)20)8-17-14(18)12-7-9-5-3-6-11(16)13(9)21-12/h3,5-7,10H,2,4,8H2,1H3,(H,17,18)(H,19,20). The Labute approximate surface area is 130 Å². The van der Waals surface area contributed by atoms with Gasteiger partial charge in [-0.25, -0.2) is 0 Å². The first kappa shape index (κ1) is 15.6. The van der Waals surface area contributed by atoms with Crippen molar-refractivity contribution in [1.29, 1.82) is 0 Å². The van der Waals surface area contributed by atoms with Crippen LogP contribution in [0.1, 0.15) is 30.3 Å². The summed E-state index contributed by atoms with van der Waals surface area (Å²) in [7, 11) is 0. The highest BCUT2D eigenvalue weighted by Gasteiger charge is 2.19. The zero-order valence-corrected chi connectivity index (χ0v) is 13.1. The van der Waals surface area contributed by atoms with E-state index in [0.29, 0.717) is 12.0 Å². The number of amides is 1. The van der Waals surface area contributed by atoms with Gasteiger partial charge in [0.15, 0.2) is 5.76 Å². The second-order valence-corrected chi connectivity index (χ2v) is 5.66. The van der Waals surface area contributed by atoms with E-state index in [4.69, 9.17) is 9.52 Å². The number of nitrogens with one attached hydrogen (secondary N) is 1. The molecule has 0 spiro atoms. The maximum atomic E-state index is 12.0. The number of aliphatic carboxylic acids is 1. The number of para-hydroxylation sites is 1. The first-order chi connectivity index (χ1) is 10.0. The van der Waals surface area contributed by atoms with Crippen LogP contribution in [0.15, 0.2) is 33.2 Å². The Kier molecular flexibility index (Phi) is 5.01. The molecule has 0 saturated carbocycles. The topological polar surface area (TPSA) is 79.5 Å². The second-order valence-electron chi connectivity index (χ2n) is 4.80. The minimum atomic E-state index is -0.899. The summed E-state index contributed by atoms with van der Waals surface area (Å²) in [4.78, 5) is 23.1. The first-order valence-electron chi connectivity index (χ1n) is 6.72. The van der Waals surface area contributed by atoms with E-state index < -0.39 is 17.8 Å². The molecule has 2 aromatic rings. The van der Waals surface area contributed by atoms with Crippen LogP contribution in [-0.4, -0.2) is 23.5 Å². The highest BCUT2D eigenvalue weighted by Crippen LogP contribution is 2.26. The maximum Gasteiger partial charge on any atom is 0.308 e. The molecule has 1 amide bonds. The molecule has 0 fully saturated rings. The van der Waals surface area contributed by atoms with Crippen LogP contribution in [0.4, 0.5) is 0 Å². The van der Waals surface area contributed by atoms with E-state index >= 15 is 0 Å². The molecule has 2 N–H and O–H groups in total. The third kappa shape index (κ3) is 3.64. The largest absolute Gasteiger partial charge is 0.481 e. The van der Waals surface area contributed by atoms with Gasteiger partial charge in [-0.3, -0.25) is 9.59 Å². The highest BCUT2D eigenvalue weighted by atomic mass is 79.9. The fraction of sp³-hybridized carbons (Fsp3) is 0.333. The Bertz CT molecular complexity index is 665. The summed E-state index contributed by atoms with van der Waals surface area (Å²) in [5, 5.41) is 12.5. The monoisotopic (exact) mass is 353 g/mol. The molecule has 0 bridgehead atoms. The summed E-state index contributed by atoms with van der Waals surface area (Å²) in [5.41, 5.74) is 0.603. The summed E-state index contributed by atoms with van der Waals surface area (Å²) in [5.74, 6) is -1.70. The lowest BCUT2D eigenvalue weighted by atomic mass is 10.0. The minimum absolute atomic E-state index is 0.0974. The molecule has 21 heavy (non-hydrogen) atoms. The van der Waals surface area contributed by atoms with Crippen molar-refractivity contribution < 1.29 is 19.1 Å². The van der Waals surface area contributed by atoms with Crippen LogP contribution in [0.2, 0.25) is 0 Å². The van der Waals surface area contributed by atoms with Crippen LogP contribution in [0.3, 0.4) is 0 Å². The van der Waals surface area contributed by atoms with Gasteiger partial charge in [0, 0.05) is 11.9 Å². The first-order valence-corrected chi connectivity index (χ1v) is 7.51. The van der Waals surface area contributed by atoms with Crippen LogP contribution in [0, 0.1) is 5.92 Å². The van der Waals surface area contributed by atoms with Gasteiger partial charge in [-0.1, -0.05) is 25.5 Å². The number of furan rings is 1. The van der Waals surface area contributed by atoms with Gasteiger partial charge in [-0.15, -0.1) is 0 Å². The molecule has 1 atom stereocenters. The SMILES string of the molecule is CCCC(CNC(=O)c1cc2cccc(Br)c2o1)C(=O)O. The van der Waals surface area contributed by atoms with Crippen molar-refractivity contribution in [3.63, 3.8) is 0 Å². The molecule has 6 heteroatoms. The summed E-state index contributed by atoms with van der Waals surface area (Å²) in [6, 6.07) is 7.17. The van der Waals surface area contributed by atoms with Crippen LogP contribution in [0.25, 0.3) is 11.0 Å². The van der Waals surface area contributed by atoms with Crippen molar-refractivity contribution in [2.24, 2.45) is 5.92 Å². The Hall–Kier alpha value is -1.82. The van der Waals surface area contributed by atoms with Crippen LogP contribution >= 0.6 is 15.9 Å².